The van der Waals surface area contributed by atoms with E-state index in [9.17, 15) is 14.7 Å². The third kappa shape index (κ3) is 5.88. The van der Waals surface area contributed by atoms with Crippen LogP contribution in [0.2, 0.25) is 5.02 Å². The number of ketones is 1. The topological polar surface area (TPSA) is 130 Å². The number of aromatic nitrogens is 3. The van der Waals surface area contributed by atoms with Crippen molar-refractivity contribution in [2.75, 3.05) is 18.5 Å². The number of aromatic amines is 1. The van der Waals surface area contributed by atoms with Crippen LogP contribution in [0.15, 0.2) is 61.1 Å². The fourth-order valence-corrected chi connectivity index (χ4v) is 4.95. The molecule has 1 fully saturated rings. The van der Waals surface area contributed by atoms with Crippen molar-refractivity contribution in [3.05, 3.63) is 77.2 Å². The van der Waals surface area contributed by atoms with Crippen LogP contribution in [0.4, 0.5) is 10.6 Å². The molecule has 10 nitrogen and oxygen atoms in total. The highest BCUT2D eigenvalue weighted by molar-refractivity contribution is 6.35. The Morgan fingerprint density at radius 1 is 1.12 bits per heavy atom. The fraction of sp³-hybridized carbons (Fsp3) is 0.310. The van der Waals surface area contributed by atoms with Crippen LogP contribution in [0, 0.1) is 0 Å². The molecule has 11 heteroatoms. The second-order valence-electron chi connectivity index (χ2n) is 10.6. The minimum Gasteiger partial charge on any atom is -0.457 e. The van der Waals surface area contributed by atoms with Gasteiger partial charge in [-0.05, 0) is 51.5 Å². The first-order valence-electron chi connectivity index (χ1n) is 12.9. The number of aliphatic hydroxyl groups excluding tert-OH is 1. The maximum absolute atomic E-state index is 13.6. The van der Waals surface area contributed by atoms with E-state index in [0.29, 0.717) is 52.4 Å². The highest BCUT2D eigenvalue weighted by Crippen LogP contribution is 2.32. The Morgan fingerprint density at radius 2 is 1.90 bits per heavy atom. The Morgan fingerprint density at radius 3 is 2.60 bits per heavy atom. The number of nitrogens with zero attached hydrogens (tertiary/aromatic N) is 3. The first-order chi connectivity index (χ1) is 19.1. The average Bonchev–Trinajstić information content (AvgIpc) is 3.53. The molecule has 1 aliphatic rings. The van der Waals surface area contributed by atoms with Gasteiger partial charge in [0.15, 0.2) is 5.78 Å². The molecule has 2 aromatic heterocycles. The average molecular weight is 564 g/mol. The zero-order valence-electron chi connectivity index (χ0n) is 22.3. The molecule has 0 aliphatic carbocycles. The van der Waals surface area contributed by atoms with E-state index in [-0.39, 0.29) is 23.5 Å². The van der Waals surface area contributed by atoms with Crippen molar-refractivity contribution in [2.24, 2.45) is 0 Å². The lowest BCUT2D eigenvalue weighted by molar-refractivity contribution is 0.0175. The zero-order chi connectivity index (χ0) is 28.4. The number of benzene rings is 2. The van der Waals surface area contributed by atoms with E-state index < -0.39 is 17.7 Å². The summed E-state index contributed by atoms with van der Waals surface area (Å²) in [6, 6.07) is 13.5. The van der Waals surface area contributed by atoms with Crippen LogP contribution in [0.1, 0.15) is 43.1 Å². The number of halogens is 1. The van der Waals surface area contributed by atoms with E-state index in [1.54, 1.807) is 45.2 Å². The van der Waals surface area contributed by atoms with Crippen molar-refractivity contribution in [1.29, 1.82) is 0 Å². The van der Waals surface area contributed by atoms with Gasteiger partial charge in [0.25, 0.3) is 0 Å². The number of fused-ring (bicyclic) bond motifs is 1. The molecule has 2 aromatic carbocycles. The van der Waals surface area contributed by atoms with Crippen LogP contribution in [-0.2, 0) is 4.74 Å². The number of hydrogen-bond donors (Lipinski definition) is 3. The van der Waals surface area contributed by atoms with Gasteiger partial charge in [-0.25, -0.2) is 14.8 Å². The molecule has 4 aromatic rings. The third-order valence-electron chi connectivity index (χ3n) is 6.47. The third-order valence-corrected chi connectivity index (χ3v) is 6.79. The highest BCUT2D eigenvalue weighted by atomic mass is 35.5. The van der Waals surface area contributed by atoms with E-state index in [2.05, 4.69) is 20.3 Å². The lowest BCUT2D eigenvalue weighted by atomic mass is 10.0. The molecule has 40 heavy (non-hydrogen) atoms. The van der Waals surface area contributed by atoms with Crippen LogP contribution in [0.5, 0.6) is 11.5 Å². The summed E-state index contributed by atoms with van der Waals surface area (Å²) in [7, 11) is 0. The molecule has 0 saturated carbocycles. The van der Waals surface area contributed by atoms with Crippen LogP contribution in [0.25, 0.3) is 11.0 Å². The first-order valence-corrected chi connectivity index (χ1v) is 13.3. The zero-order valence-corrected chi connectivity index (χ0v) is 23.1. The number of hydrogen-bond acceptors (Lipinski definition) is 8. The predicted octanol–water partition coefficient (Wildman–Crippen LogP) is 5.42. The van der Waals surface area contributed by atoms with Crippen molar-refractivity contribution >= 4 is 40.3 Å². The van der Waals surface area contributed by atoms with Gasteiger partial charge in [-0.1, -0.05) is 29.8 Å². The number of para-hydroxylation sites is 1. The molecule has 2 atom stereocenters. The number of aliphatic hydroxyl groups is 1. The van der Waals surface area contributed by atoms with E-state index in [4.69, 9.17) is 21.1 Å². The number of ether oxygens (including phenoxy) is 2. The maximum Gasteiger partial charge on any atom is 0.410 e. The van der Waals surface area contributed by atoms with Gasteiger partial charge < -0.3 is 29.8 Å². The molecule has 208 valence electrons. The maximum atomic E-state index is 13.6. The number of nitrogens with one attached hydrogen (secondary N) is 2. The Kier molecular flexibility index (Phi) is 7.64. The predicted molar refractivity (Wildman–Crippen MR) is 151 cm³/mol. The normalized spacial score (nSPS) is 17.2. The van der Waals surface area contributed by atoms with E-state index >= 15 is 0 Å². The van der Waals surface area contributed by atoms with Gasteiger partial charge in [0, 0.05) is 30.4 Å². The Labute approximate surface area is 236 Å². The minimum atomic E-state index is -0.658. The molecular formula is C29H30ClN5O5. The molecule has 0 bridgehead atoms. The summed E-state index contributed by atoms with van der Waals surface area (Å²) in [6.07, 6.45) is 2.96. The number of H-pyrrole nitrogens is 1. The van der Waals surface area contributed by atoms with Gasteiger partial charge >= 0.3 is 6.09 Å². The van der Waals surface area contributed by atoms with Gasteiger partial charge in [0.1, 0.15) is 34.9 Å². The molecule has 3 heterocycles. The summed E-state index contributed by atoms with van der Waals surface area (Å²) in [5, 5.41) is 14.0. The van der Waals surface area contributed by atoms with E-state index in [1.165, 1.54) is 11.2 Å². The number of carbonyl (C=O) groups excluding carboxylic acids is 2. The number of rotatable bonds is 7. The van der Waals surface area contributed by atoms with Gasteiger partial charge in [0.2, 0.25) is 0 Å². The Hall–Kier alpha value is -4.15. The monoisotopic (exact) mass is 563 g/mol. The quantitative estimate of drug-likeness (QED) is 0.254. The SMILES string of the molecule is CC(C)(C)OC(=O)N1C[C@H](Nc2ncnc3[nH]cc(C(=O)c4ccc(Oc5ccccc5)cc4Cl)c23)C[C@H]1CO. The van der Waals surface area contributed by atoms with Crippen LogP contribution in [-0.4, -0.2) is 67.7 Å². The van der Waals surface area contributed by atoms with Gasteiger partial charge in [-0.15, -0.1) is 0 Å². The van der Waals surface area contributed by atoms with E-state index in [0.717, 1.165) is 0 Å². The number of amides is 1. The van der Waals surface area contributed by atoms with Crippen molar-refractivity contribution in [3.8, 4) is 11.5 Å². The van der Waals surface area contributed by atoms with Crippen molar-refractivity contribution in [1.82, 2.24) is 19.9 Å². The fourth-order valence-electron chi connectivity index (χ4n) is 4.70. The summed E-state index contributed by atoms with van der Waals surface area (Å²) in [4.78, 5) is 39.6. The van der Waals surface area contributed by atoms with Crippen LogP contribution in [0.3, 0.4) is 0 Å². The molecule has 1 aliphatic heterocycles. The van der Waals surface area contributed by atoms with Crippen LogP contribution < -0.4 is 10.1 Å². The summed E-state index contributed by atoms with van der Waals surface area (Å²) in [5.74, 6) is 1.28. The lowest BCUT2D eigenvalue weighted by Gasteiger charge is -2.27. The molecule has 1 saturated heterocycles. The molecular weight excluding hydrogens is 534 g/mol. The van der Waals surface area contributed by atoms with Crippen LogP contribution >= 0.6 is 11.6 Å². The lowest BCUT2D eigenvalue weighted by Crippen LogP contribution is -2.41. The second-order valence-corrected chi connectivity index (χ2v) is 11.0. The number of carbonyl (C=O) groups is 2. The second kappa shape index (κ2) is 11.1. The molecule has 3 N–H and O–H groups in total. The highest BCUT2D eigenvalue weighted by Gasteiger charge is 2.37. The smallest absolute Gasteiger partial charge is 0.410 e. The minimum absolute atomic E-state index is 0.201. The first kappa shape index (κ1) is 27.4. The summed E-state index contributed by atoms with van der Waals surface area (Å²) in [6.45, 7) is 5.48. The molecule has 0 unspecified atom stereocenters. The largest absolute Gasteiger partial charge is 0.457 e. The van der Waals surface area contributed by atoms with E-state index in [1.807, 2.05) is 30.3 Å². The standard InChI is InChI=1S/C29H30ClN5O5/c1-29(2,3)40-28(38)35-14-17(11-18(35)15-36)34-27-24-22(13-31-26(24)32-16-33-27)25(37)21-10-9-20(12-23(21)30)39-19-7-5-4-6-8-19/h4-10,12-13,16-18,36H,11,14-15H2,1-3H3,(H2,31,32,33,34)/t17-,18+/m1/s1. The summed E-state index contributed by atoms with van der Waals surface area (Å²) >= 11 is 6.53. The van der Waals surface area contributed by atoms with Crippen molar-refractivity contribution in [2.45, 2.75) is 44.9 Å². The van der Waals surface area contributed by atoms with Gasteiger partial charge in [-0.2, -0.15) is 0 Å². The van der Waals surface area contributed by atoms with Gasteiger partial charge in [0.05, 0.1) is 28.6 Å². The molecule has 1 amide bonds. The molecule has 0 spiro atoms. The number of anilines is 1. The molecule has 5 rings (SSSR count). The summed E-state index contributed by atoms with van der Waals surface area (Å²) in [5.41, 5.74) is 0.462. The summed E-state index contributed by atoms with van der Waals surface area (Å²) < 4.78 is 11.3. The van der Waals surface area contributed by atoms with Crippen molar-refractivity contribution in [3.63, 3.8) is 0 Å². The molecule has 0 radical (unpaired) electrons. The van der Waals surface area contributed by atoms with Crippen molar-refractivity contribution < 1.29 is 24.2 Å². The Balaban J connectivity index is 1.38. The Bertz CT molecular complexity index is 1540. The van der Waals surface area contributed by atoms with Gasteiger partial charge in [-0.3, -0.25) is 4.79 Å². The number of likely N-dealkylation sites (tertiary alicyclic amines) is 1.